The zero-order valence-electron chi connectivity index (χ0n) is 15.2. The monoisotopic (exact) mass is 418 g/mol. The molecule has 2 aromatic carbocycles. The van der Waals surface area contributed by atoms with E-state index >= 15 is 0 Å². The third-order valence-electron chi connectivity index (χ3n) is 5.21. The lowest BCUT2D eigenvalue weighted by atomic mass is 9.94. The van der Waals surface area contributed by atoms with Gasteiger partial charge in [0.15, 0.2) is 0 Å². The molecule has 28 heavy (non-hydrogen) atoms. The maximum absolute atomic E-state index is 13.1. The van der Waals surface area contributed by atoms with Crippen molar-refractivity contribution in [3.8, 4) is 0 Å². The van der Waals surface area contributed by atoms with Gasteiger partial charge in [0.25, 0.3) is 0 Å². The minimum atomic E-state index is -0.553. The van der Waals surface area contributed by atoms with Gasteiger partial charge in [0.05, 0.1) is 19.0 Å². The first-order chi connectivity index (χ1) is 13.5. The molecule has 2 heterocycles. The molecule has 0 saturated carbocycles. The number of halogens is 2. The highest BCUT2D eigenvalue weighted by Crippen LogP contribution is 2.37. The zero-order chi connectivity index (χ0) is 19.7. The van der Waals surface area contributed by atoms with Gasteiger partial charge in [0.1, 0.15) is 6.10 Å². The molecule has 0 bridgehead atoms. The molecule has 146 valence electrons. The number of hydrogen-bond donors (Lipinski definition) is 0. The molecule has 2 fully saturated rings. The summed E-state index contributed by atoms with van der Waals surface area (Å²) in [7, 11) is 0. The highest BCUT2D eigenvalue weighted by Gasteiger charge is 2.43. The van der Waals surface area contributed by atoms with Crippen LogP contribution in [0, 0.1) is 5.92 Å². The summed E-state index contributed by atoms with van der Waals surface area (Å²) in [6.07, 6.45) is -0.442. The van der Waals surface area contributed by atoms with E-state index in [1.165, 1.54) is 0 Å². The molecule has 0 aromatic heterocycles. The minimum absolute atomic E-state index is 0.0376. The predicted molar refractivity (Wildman–Crippen MR) is 107 cm³/mol. The van der Waals surface area contributed by atoms with Crippen molar-refractivity contribution >= 4 is 35.1 Å². The second-order valence-corrected chi connectivity index (χ2v) is 8.07. The summed E-state index contributed by atoms with van der Waals surface area (Å²) < 4.78 is 5.46. The molecule has 2 aliphatic heterocycles. The van der Waals surface area contributed by atoms with E-state index in [0.29, 0.717) is 23.3 Å². The number of nitrogens with zero attached hydrogens (tertiary/aromatic N) is 2. The summed E-state index contributed by atoms with van der Waals surface area (Å²) in [6.45, 7) is 2.73. The average molecular weight is 419 g/mol. The third-order valence-corrected chi connectivity index (χ3v) is 5.72. The molecule has 2 aliphatic rings. The molecule has 0 spiro atoms. The van der Waals surface area contributed by atoms with Gasteiger partial charge in [0.2, 0.25) is 5.91 Å². The Morgan fingerprint density at radius 2 is 1.64 bits per heavy atom. The van der Waals surface area contributed by atoms with E-state index in [0.717, 1.165) is 24.2 Å². The van der Waals surface area contributed by atoms with Crippen LogP contribution in [-0.4, -0.2) is 41.4 Å². The topological polar surface area (TPSA) is 49.9 Å². The highest BCUT2D eigenvalue weighted by atomic mass is 35.5. The fourth-order valence-electron chi connectivity index (χ4n) is 3.76. The largest absolute Gasteiger partial charge is 0.457 e. The SMILES string of the molecule is O=C1C[C@H](C(=O)N2CCN(Cc3ccc(Cl)cc3)C2)[C@@H](c2ccc(Cl)cc2)O1. The van der Waals surface area contributed by atoms with Crippen molar-refractivity contribution in [1.29, 1.82) is 0 Å². The Morgan fingerprint density at radius 1 is 1.00 bits per heavy atom. The summed E-state index contributed by atoms with van der Waals surface area (Å²) in [5.41, 5.74) is 1.95. The fourth-order valence-corrected chi connectivity index (χ4v) is 4.02. The van der Waals surface area contributed by atoms with Crippen LogP contribution in [0.5, 0.6) is 0 Å². The maximum atomic E-state index is 13.1. The van der Waals surface area contributed by atoms with Gasteiger partial charge in [-0.15, -0.1) is 0 Å². The highest BCUT2D eigenvalue weighted by molar-refractivity contribution is 6.30. The standard InChI is InChI=1S/C21H20Cl2N2O3/c22-16-5-1-14(2-6-16)12-24-9-10-25(13-24)21(27)18-11-19(26)28-20(18)15-3-7-17(23)8-4-15/h1-8,18,20H,9-13H2/t18-,20+/m0/s1. The second-order valence-electron chi connectivity index (χ2n) is 7.19. The van der Waals surface area contributed by atoms with Crippen LogP contribution >= 0.6 is 23.2 Å². The van der Waals surface area contributed by atoms with Crippen molar-refractivity contribution in [3.63, 3.8) is 0 Å². The number of benzene rings is 2. The van der Waals surface area contributed by atoms with E-state index in [4.69, 9.17) is 27.9 Å². The first-order valence-corrected chi connectivity index (χ1v) is 9.96. The van der Waals surface area contributed by atoms with Gasteiger partial charge in [0, 0.05) is 29.7 Å². The summed E-state index contributed by atoms with van der Waals surface area (Å²) >= 11 is 11.9. The lowest BCUT2D eigenvalue weighted by molar-refractivity contribution is -0.142. The number of amides is 1. The molecule has 7 heteroatoms. The van der Waals surface area contributed by atoms with Gasteiger partial charge in [-0.05, 0) is 35.4 Å². The molecule has 2 aromatic rings. The number of carbonyl (C=O) groups excluding carboxylic acids is 2. The number of carbonyl (C=O) groups is 2. The van der Waals surface area contributed by atoms with E-state index in [2.05, 4.69) is 4.90 Å². The van der Waals surface area contributed by atoms with E-state index < -0.39 is 12.0 Å². The summed E-state index contributed by atoms with van der Waals surface area (Å²) in [5.74, 6) is -0.871. The van der Waals surface area contributed by atoms with Gasteiger partial charge in [-0.25, -0.2) is 0 Å². The van der Waals surface area contributed by atoms with Crippen molar-refractivity contribution in [3.05, 3.63) is 69.7 Å². The Labute approximate surface area is 173 Å². The quantitative estimate of drug-likeness (QED) is 0.706. The Balaban J connectivity index is 1.42. The maximum Gasteiger partial charge on any atom is 0.307 e. The number of cyclic esters (lactones) is 1. The van der Waals surface area contributed by atoms with Crippen LogP contribution in [-0.2, 0) is 20.9 Å². The fraction of sp³-hybridized carbons (Fsp3) is 0.333. The Morgan fingerprint density at radius 3 is 2.32 bits per heavy atom. The lowest BCUT2D eigenvalue weighted by Gasteiger charge is -2.24. The first-order valence-electron chi connectivity index (χ1n) is 9.20. The normalized spacial score (nSPS) is 22.5. The van der Waals surface area contributed by atoms with Crippen LogP contribution in [0.25, 0.3) is 0 Å². The van der Waals surface area contributed by atoms with Crippen LogP contribution < -0.4 is 0 Å². The van der Waals surface area contributed by atoms with Crippen molar-refractivity contribution < 1.29 is 14.3 Å². The predicted octanol–water partition coefficient (Wildman–Crippen LogP) is 3.90. The molecule has 2 atom stereocenters. The molecule has 0 aliphatic carbocycles. The van der Waals surface area contributed by atoms with Crippen LogP contribution in [0.4, 0.5) is 0 Å². The number of rotatable bonds is 4. The van der Waals surface area contributed by atoms with Crippen LogP contribution in [0.1, 0.15) is 23.7 Å². The van der Waals surface area contributed by atoms with E-state index in [1.807, 2.05) is 41.3 Å². The van der Waals surface area contributed by atoms with Crippen LogP contribution in [0.2, 0.25) is 10.0 Å². The van der Waals surface area contributed by atoms with Crippen molar-refractivity contribution in [2.75, 3.05) is 19.8 Å². The second kappa shape index (κ2) is 8.11. The number of esters is 1. The summed E-state index contributed by atoms with van der Waals surface area (Å²) in [5, 5.41) is 1.31. The molecule has 4 rings (SSSR count). The molecule has 0 N–H and O–H groups in total. The van der Waals surface area contributed by atoms with E-state index in [-0.39, 0.29) is 18.3 Å². The van der Waals surface area contributed by atoms with E-state index in [9.17, 15) is 9.59 Å². The van der Waals surface area contributed by atoms with E-state index in [1.54, 1.807) is 12.1 Å². The average Bonchev–Trinajstić information content (AvgIpc) is 3.30. The first kappa shape index (κ1) is 19.2. The van der Waals surface area contributed by atoms with Crippen molar-refractivity contribution in [1.82, 2.24) is 9.80 Å². The zero-order valence-corrected chi connectivity index (χ0v) is 16.7. The lowest BCUT2D eigenvalue weighted by Crippen LogP contribution is -2.37. The van der Waals surface area contributed by atoms with Crippen LogP contribution in [0.3, 0.4) is 0 Å². The minimum Gasteiger partial charge on any atom is -0.457 e. The van der Waals surface area contributed by atoms with Crippen molar-refractivity contribution in [2.45, 2.75) is 19.1 Å². The van der Waals surface area contributed by atoms with Gasteiger partial charge in [-0.3, -0.25) is 14.5 Å². The number of hydrogen-bond acceptors (Lipinski definition) is 4. The molecule has 2 saturated heterocycles. The molecule has 0 radical (unpaired) electrons. The van der Waals surface area contributed by atoms with Gasteiger partial charge >= 0.3 is 5.97 Å². The molecule has 0 unspecified atom stereocenters. The Hall–Kier alpha value is -2.08. The van der Waals surface area contributed by atoms with Gasteiger partial charge < -0.3 is 9.64 Å². The van der Waals surface area contributed by atoms with Crippen molar-refractivity contribution in [2.24, 2.45) is 5.92 Å². The summed E-state index contributed by atoms with van der Waals surface area (Å²) in [4.78, 5) is 29.0. The van der Waals surface area contributed by atoms with Gasteiger partial charge in [-0.2, -0.15) is 0 Å². The van der Waals surface area contributed by atoms with Crippen LogP contribution in [0.15, 0.2) is 48.5 Å². The Kier molecular flexibility index (Phi) is 5.58. The molecular weight excluding hydrogens is 399 g/mol. The molecular formula is C21H20Cl2N2O3. The molecule has 1 amide bonds. The third kappa shape index (κ3) is 4.17. The summed E-state index contributed by atoms with van der Waals surface area (Å²) in [6, 6.07) is 14.8. The molecule has 5 nitrogen and oxygen atoms in total. The Bertz CT molecular complexity index is 870. The van der Waals surface area contributed by atoms with Gasteiger partial charge in [-0.1, -0.05) is 47.5 Å². The number of ether oxygens (including phenoxy) is 1. The smallest absolute Gasteiger partial charge is 0.307 e.